The van der Waals surface area contributed by atoms with Gasteiger partial charge < -0.3 is 5.32 Å². The van der Waals surface area contributed by atoms with Crippen LogP contribution in [0.2, 0.25) is 0 Å². The molecule has 3 heteroatoms. The Hall–Kier alpha value is -1.61. The Morgan fingerprint density at radius 2 is 2.22 bits per heavy atom. The van der Waals surface area contributed by atoms with Gasteiger partial charge in [0.15, 0.2) is 0 Å². The third-order valence-electron chi connectivity index (χ3n) is 3.17. The summed E-state index contributed by atoms with van der Waals surface area (Å²) in [6.07, 6.45) is 5.04. The lowest BCUT2D eigenvalue weighted by Gasteiger charge is -2.12. The Morgan fingerprint density at radius 3 is 2.89 bits per heavy atom. The van der Waals surface area contributed by atoms with E-state index >= 15 is 0 Å². The van der Waals surface area contributed by atoms with E-state index in [0.717, 1.165) is 13.0 Å². The molecule has 0 aliphatic carbocycles. The second-order valence-corrected chi connectivity index (χ2v) is 4.86. The largest absolute Gasteiger partial charge is 0.310 e. The first-order chi connectivity index (χ1) is 8.65. The number of hydrogen-bond acceptors (Lipinski definition) is 2. The normalized spacial score (nSPS) is 12.6. The van der Waals surface area contributed by atoms with Crippen LogP contribution in [-0.2, 0) is 13.5 Å². The van der Waals surface area contributed by atoms with Gasteiger partial charge in [0.2, 0.25) is 0 Å². The van der Waals surface area contributed by atoms with E-state index in [0.29, 0.717) is 6.04 Å². The summed E-state index contributed by atoms with van der Waals surface area (Å²) in [6.45, 7) is 5.29. The van der Waals surface area contributed by atoms with Gasteiger partial charge in [-0.25, -0.2) is 0 Å². The molecule has 1 aromatic carbocycles. The number of nitrogens with one attached hydrogen (secondary N) is 1. The fourth-order valence-electron chi connectivity index (χ4n) is 2.08. The number of aryl methyl sites for hydroxylation is 2. The predicted octanol–water partition coefficient (Wildman–Crippen LogP) is 2.62. The predicted molar refractivity (Wildman–Crippen MR) is 74.5 cm³/mol. The van der Waals surface area contributed by atoms with Crippen molar-refractivity contribution in [3.05, 3.63) is 53.3 Å². The van der Waals surface area contributed by atoms with Crippen LogP contribution < -0.4 is 5.32 Å². The highest BCUT2D eigenvalue weighted by Crippen LogP contribution is 2.10. The SMILES string of the molecule is Cc1cccc(CCNC(C)c2cnn(C)c2)c1. The maximum absolute atomic E-state index is 4.19. The summed E-state index contributed by atoms with van der Waals surface area (Å²) < 4.78 is 1.84. The van der Waals surface area contributed by atoms with E-state index in [1.807, 2.05) is 17.9 Å². The molecule has 18 heavy (non-hydrogen) atoms. The minimum atomic E-state index is 0.350. The Balaban J connectivity index is 1.82. The van der Waals surface area contributed by atoms with Crippen LogP contribution in [0.5, 0.6) is 0 Å². The van der Waals surface area contributed by atoms with Crippen molar-refractivity contribution in [2.45, 2.75) is 26.3 Å². The van der Waals surface area contributed by atoms with Crippen LogP contribution in [0.3, 0.4) is 0 Å². The Labute approximate surface area is 109 Å². The van der Waals surface area contributed by atoms with Gasteiger partial charge in [0.25, 0.3) is 0 Å². The third-order valence-corrected chi connectivity index (χ3v) is 3.17. The number of rotatable bonds is 5. The standard InChI is InChI=1S/C15H21N3/c1-12-5-4-6-14(9-12)7-8-16-13(2)15-10-17-18(3)11-15/h4-6,9-11,13,16H,7-8H2,1-3H3. The molecule has 3 nitrogen and oxygen atoms in total. The van der Waals surface area contributed by atoms with Crippen LogP contribution in [0.1, 0.15) is 29.7 Å². The first-order valence-corrected chi connectivity index (χ1v) is 6.42. The Kier molecular flexibility index (Phi) is 4.15. The molecule has 0 amide bonds. The zero-order valence-electron chi connectivity index (χ0n) is 11.4. The van der Waals surface area contributed by atoms with Crippen molar-refractivity contribution in [3.8, 4) is 0 Å². The van der Waals surface area contributed by atoms with Gasteiger partial charge in [-0.05, 0) is 32.4 Å². The van der Waals surface area contributed by atoms with Crippen LogP contribution in [0.25, 0.3) is 0 Å². The summed E-state index contributed by atoms with van der Waals surface area (Å²) >= 11 is 0. The van der Waals surface area contributed by atoms with Crippen LogP contribution >= 0.6 is 0 Å². The van der Waals surface area contributed by atoms with Crippen molar-refractivity contribution in [1.82, 2.24) is 15.1 Å². The van der Waals surface area contributed by atoms with Crippen molar-refractivity contribution >= 4 is 0 Å². The minimum absolute atomic E-state index is 0.350. The van der Waals surface area contributed by atoms with Crippen molar-refractivity contribution < 1.29 is 0 Å². The summed E-state index contributed by atoms with van der Waals surface area (Å²) in [5, 5.41) is 7.72. The topological polar surface area (TPSA) is 29.9 Å². The molecule has 0 spiro atoms. The Morgan fingerprint density at radius 1 is 1.39 bits per heavy atom. The summed E-state index contributed by atoms with van der Waals surface area (Å²) in [4.78, 5) is 0. The number of benzene rings is 1. The van der Waals surface area contributed by atoms with E-state index in [1.165, 1.54) is 16.7 Å². The van der Waals surface area contributed by atoms with Crippen LogP contribution in [0, 0.1) is 6.92 Å². The van der Waals surface area contributed by atoms with Gasteiger partial charge in [-0.2, -0.15) is 5.10 Å². The number of aromatic nitrogens is 2. The number of nitrogens with zero attached hydrogens (tertiary/aromatic N) is 2. The molecule has 0 radical (unpaired) electrons. The zero-order valence-corrected chi connectivity index (χ0v) is 11.4. The molecule has 96 valence electrons. The lowest BCUT2D eigenvalue weighted by molar-refractivity contribution is 0.576. The molecule has 0 fully saturated rings. The van der Waals surface area contributed by atoms with Gasteiger partial charge >= 0.3 is 0 Å². The minimum Gasteiger partial charge on any atom is -0.310 e. The van der Waals surface area contributed by atoms with E-state index in [1.54, 1.807) is 0 Å². The van der Waals surface area contributed by atoms with Crippen molar-refractivity contribution in [2.75, 3.05) is 6.54 Å². The molecule has 0 saturated carbocycles. The van der Waals surface area contributed by atoms with Gasteiger partial charge in [-0.15, -0.1) is 0 Å². The van der Waals surface area contributed by atoms with Crippen LogP contribution in [0.4, 0.5) is 0 Å². The number of hydrogen-bond donors (Lipinski definition) is 1. The molecule has 1 unspecified atom stereocenters. The smallest absolute Gasteiger partial charge is 0.0537 e. The lowest BCUT2D eigenvalue weighted by Crippen LogP contribution is -2.21. The van der Waals surface area contributed by atoms with E-state index in [-0.39, 0.29) is 0 Å². The lowest BCUT2D eigenvalue weighted by atomic mass is 10.1. The molecule has 2 aromatic rings. The third kappa shape index (κ3) is 3.44. The molecule has 0 aliphatic heterocycles. The first kappa shape index (κ1) is 12.8. The molecular formula is C15H21N3. The van der Waals surface area contributed by atoms with Crippen LogP contribution in [0.15, 0.2) is 36.7 Å². The quantitative estimate of drug-likeness (QED) is 0.875. The van der Waals surface area contributed by atoms with Gasteiger partial charge in [-0.3, -0.25) is 4.68 Å². The monoisotopic (exact) mass is 243 g/mol. The van der Waals surface area contributed by atoms with E-state index in [2.05, 4.69) is 54.7 Å². The summed E-state index contributed by atoms with van der Waals surface area (Å²) in [5.41, 5.74) is 3.95. The van der Waals surface area contributed by atoms with Gasteiger partial charge in [0, 0.05) is 24.8 Å². The molecular weight excluding hydrogens is 222 g/mol. The average molecular weight is 243 g/mol. The molecule has 1 atom stereocenters. The fraction of sp³-hybridized carbons (Fsp3) is 0.400. The van der Waals surface area contributed by atoms with Gasteiger partial charge in [-0.1, -0.05) is 29.8 Å². The molecule has 0 bridgehead atoms. The summed E-state index contributed by atoms with van der Waals surface area (Å²) in [6, 6.07) is 9.04. The molecule has 2 rings (SSSR count). The average Bonchev–Trinajstić information content (AvgIpc) is 2.76. The van der Waals surface area contributed by atoms with E-state index in [4.69, 9.17) is 0 Å². The van der Waals surface area contributed by atoms with Gasteiger partial charge in [0.1, 0.15) is 0 Å². The molecule has 0 saturated heterocycles. The highest BCUT2D eigenvalue weighted by atomic mass is 15.2. The highest BCUT2D eigenvalue weighted by molar-refractivity contribution is 5.22. The van der Waals surface area contributed by atoms with Crippen molar-refractivity contribution in [3.63, 3.8) is 0 Å². The van der Waals surface area contributed by atoms with Crippen molar-refractivity contribution in [1.29, 1.82) is 0 Å². The zero-order chi connectivity index (χ0) is 13.0. The summed E-state index contributed by atoms with van der Waals surface area (Å²) in [5.74, 6) is 0. The summed E-state index contributed by atoms with van der Waals surface area (Å²) in [7, 11) is 1.95. The first-order valence-electron chi connectivity index (χ1n) is 6.42. The molecule has 0 aliphatic rings. The molecule has 1 N–H and O–H groups in total. The fourth-order valence-corrected chi connectivity index (χ4v) is 2.08. The van der Waals surface area contributed by atoms with Gasteiger partial charge in [0.05, 0.1) is 6.20 Å². The maximum atomic E-state index is 4.19. The Bertz CT molecular complexity index is 502. The molecule has 1 aromatic heterocycles. The van der Waals surface area contributed by atoms with E-state index in [9.17, 15) is 0 Å². The van der Waals surface area contributed by atoms with Crippen LogP contribution in [-0.4, -0.2) is 16.3 Å². The van der Waals surface area contributed by atoms with Crippen molar-refractivity contribution in [2.24, 2.45) is 7.05 Å². The van der Waals surface area contributed by atoms with E-state index < -0.39 is 0 Å². The highest BCUT2D eigenvalue weighted by Gasteiger charge is 2.06. The second kappa shape index (κ2) is 5.83. The maximum Gasteiger partial charge on any atom is 0.0537 e. The molecule has 1 heterocycles. The second-order valence-electron chi connectivity index (χ2n) is 4.86.